The summed E-state index contributed by atoms with van der Waals surface area (Å²) in [6.07, 6.45) is 9.33. The second-order valence-corrected chi connectivity index (χ2v) is 10.0. The molecule has 4 aromatic rings. The molecule has 0 atom stereocenters. The van der Waals surface area contributed by atoms with Gasteiger partial charge in [0.1, 0.15) is 0 Å². The molecule has 2 nitrogen and oxygen atoms in total. The van der Waals surface area contributed by atoms with Crippen molar-refractivity contribution in [1.29, 1.82) is 0 Å². The fourth-order valence-electron chi connectivity index (χ4n) is 5.44. The van der Waals surface area contributed by atoms with Gasteiger partial charge < -0.3 is 16.9 Å². The first kappa shape index (κ1) is 27.6. The van der Waals surface area contributed by atoms with Crippen LogP contribution in [-0.4, -0.2) is 48.7 Å². The monoisotopic (exact) mass is 520 g/mol. The van der Waals surface area contributed by atoms with E-state index >= 15 is 0 Å². The molecule has 194 valence electrons. The number of piperazine rings is 1. The summed E-state index contributed by atoms with van der Waals surface area (Å²) >= 11 is 0. The molecular weight excluding hydrogens is 484 g/mol. The summed E-state index contributed by atoms with van der Waals surface area (Å²) in [6, 6.07) is 43.6. The van der Waals surface area contributed by atoms with Crippen LogP contribution in [-0.2, 0) is 0 Å². The maximum Gasteiger partial charge on any atom is 0.0980 e. The molecule has 1 heterocycles. The van der Waals surface area contributed by atoms with Crippen molar-refractivity contribution in [1.82, 2.24) is 4.90 Å². The quantitative estimate of drug-likeness (QED) is 0.297. The third-order valence-corrected chi connectivity index (χ3v) is 7.52. The van der Waals surface area contributed by atoms with Crippen molar-refractivity contribution < 1.29 is 16.9 Å². The first-order valence-electron chi connectivity index (χ1n) is 13.4. The minimum absolute atomic E-state index is 0. The minimum Gasteiger partial charge on any atom is -1.00 e. The summed E-state index contributed by atoms with van der Waals surface area (Å²) in [5, 5.41) is 0. The topological polar surface area (TPSA) is 3.24 Å². The SMILES string of the molecule is C(=C\c1ccccc1)/C[N+]1(C/C=C/c2ccccc2)CCN(C(c2ccccc2)c2ccccc2)CC1.[Cl-]. The second kappa shape index (κ2) is 13.9. The van der Waals surface area contributed by atoms with E-state index in [1.807, 2.05) is 0 Å². The van der Waals surface area contributed by atoms with Crippen molar-refractivity contribution >= 4 is 12.2 Å². The van der Waals surface area contributed by atoms with Crippen LogP contribution in [0.15, 0.2) is 133 Å². The standard InChI is InChI=1S/C35H37N2.ClH/c1-5-15-31(16-6-1)19-13-27-37(28-14-20-32-17-7-2-8-18-32)29-25-36(26-30-37)35(33-21-9-3-10-22-33)34-23-11-4-12-24-34;/h1-24,35H,25-30H2;1H/q+1;/p-1/b19-13+,20-14+;. The zero-order valence-corrected chi connectivity index (χ0v) is 22.7. The van der Waals surface area contributed by atoms with Crippen molar-refractivity contribution in [3.63, 3.8) is 0 Å². The van der Waals surface area contributed by atoms with Gasteiger partial charge in [0.05, 0.1) is 32.2 Å². The molecule has 1 fully saturated rings. The maximum atomic E-state index is 2.68. The van der Waals surface area contributed by atoms with Crippen LogP contribution in [0.4, 0.5) is 0 Å². The Morgan fingerprint density at radius 3 is 1.32 bits per heavy atom. The van der Waals surface area contributed by atoms with Gasteiger partial charge in [0.2, 0.25) is 0 Å². The first-order chi connectivity index (χ1) is 18.3. The number of halogens is 1. The van der Waals surface area contributed by atoms with Gasteiger partial charge in [-0.25, -0.2) is 0 Å². The number of hydrogen-bond acceptors (Lipinski definition) is 1. The van der Waals surface area contributed by atoms with Crippen LogP contribution < -0.4 is 12.4 Å². The average molecular weight is 521 g/mol. The Balaban J connectivity index is 0.00000336. The average Bonchev–Trinajstić information content (AvgIpc) is 2.97. The van der Waals surface area contributed by atoms with E-state index in [1.54, 1.807) is 0 Å². The highest BCUT2D eigenvalue weighted by molar-refractivity contribution is 5.49. The van der Waals surface area contributed by atoms with Gasteiger partial charge in [-0.3, -0.25) is 4.90 Å². The molecule has 3 heteroatoms. The highest BCUT2D eigenvalue weighted by atomic mass is 35.5. The molecule has 1 aliphatic heterocycles. The predicted octanol–water partition coefficient (Wildman–Crippen LogP) is 4.34. The van der Waals surface area contributed by atoms with Gasteiger partial charge >= 0.3 is 0 Å². The van der Waals surface area contributed by atoms with E-state index in [4.69, 9.17) is 0 Å². The van der Waals surface area contributed by atoms with E-state index in [1.165, 1.54) is 22.3 Å². The molecule has 0 saturated carbocycles. The molecule has 0 aromatic heterocycles. The van der Waals surface area contributed by atoms with Gasteiger partial charge in [0.25, 0.3) is 0 Å². The Morgan fingerprint density at radius 2 is 0.921 bits per heavy atom. The Bertz CT molecular complexity index is 1170. The molecule has 38 heavy (non-hydrogen) atoms. The smallest absolute Gasteiger partial charge is 0.0980 e. The van der Waals surface area contributed by atoms with Crippen LogP contribution in [0.3, 0.4) is 0 Å². The van der Waals surface area contributed by atoms with E-state index in [0.717, 1.165) is 43.8 Å². The summed E-state index contributed by atoms with van der Waals surface area (Å²) in [4.78, 5) is 2.68. The normalized spacial score (nSPS) is 15.6. The Kier molecular flexibility index (Phi) is 10.1. The van der Waals surface area contributed by atoms with Gasteiger partial charge in [-0.05, 0) is 34.4 Å². The van der Waals surface area contributed by atoms with E-state index < -0.39 is 0 Å². The van der Waals surface area contributed by atoms with Crippen LogP contribution in [0, 0.1) is 0 Å². The zero-order valence-electron chi connectivity index (χ0n) is 21.9. The van der Waals surface area contributed by atoms with Gasteiger partial charge in [-0.2, -0.15) is 0 Å². The highest BCUT2D eigenvalue weighted by Crippen LogP contribution is 2.31. The third-order valence-electron chi connectivity index (χ3n) is 7.52. The second-order valence-electron chi connectivity index (χ2n) is 10.0. The van der Waals surface area contributed by atoms with Crippen LogP contribution in [0.1, 0.15) is 28.3 Å². The summed E-state index contributed by atoms with van der Waals surface area (Å²) < 4.78 is 1.08. The maximum absolute atomic E-state index is 2.68. The summed E-state index contributed by atoms with van der Waals surface area (Å²) in [7, 11) is 0. The Hall–Kier alpha value is -3.43. The van der Waals surface area contributed by atoms with Gasteiger partial charge in [0, 0.05) is 13.1 Å². The minimum atomic E-state index is 0. The molecule has 1 saturated heterocycles. The van der Waals surface area contributed by atoms with E-state index in [-0.39, 0.29) is 12.4 Å². The molecule has 0 aliphatic carbocycles. The summed E-state index contributed by atoms with van der Waals surface area (Å²) in [5.74, 6) is 0. The molecule has 4 aromatic carbocycles. The van der Waals surface area contributed by atoms with Crippen molar-refractivity contribution in [2.24, 2.45) is 0 Å². The third kappa shape index (κ3) is 7.33. The lowest BCUT2D eigenvalue weighted by atomic mass is 9.96. The van der Waals surface area contributed by atoms with E-state index in [0.29, 0.717) is 6.04 Å². The molecular formula is C35H37ClN2. The lowest BCUT2D eigenvalue weighted by Crippen LogP contribution is -3.00. The van der Waals surface area contributed by atoms with Crippen LogP contribution in [0.2, 0.25) is 0 Å². The van der Waals surface area contributed by atoms with Crippen LogP contribution >= 0.6 is 0 Å². The first-order valence-corrected chi connectivity index (χ1v) is 13.4. The fourth-order valence-corrected chi connectivity index (χ4v) is 5.44. The summed E-state index contributed by atoms with van der Waals surface area (Å²) in [5.41, 5.74) is 5.29. The molecule has 5 rings (SSSR count). The number of quaternary nitrogens is 1. The largest absolute Gasteiger partial charge is 1.00 e. The number of hydrogen-bond donors (Lipinski definition) is 0. The highest BCUT2D eigenvalue weighted by Gasteiger charge is 2.34. The van der Waals surface area contributed by atoms with Crippen LogP contribution in [0.25, 0.3) is 12.2 Å². The van der Waals surface area contributed by atoms with E-state index in [9.17, 15) is 0 Å². The molecule has 0 amide bonds. The predicted molar refractivity (Wildman–Crippen MR) is 157 cm³/mol. The lowest BCUT2D eigenvalue weighted by molar-refractivity contribution is -0.921. The Labute approximate surface area is 234 Å². The van der Waals surface area contributed by atoms with Crippen molar-refractivity contribution in [3.05, 3.63) is 156 Å². The van der Waals surface area contributed by atoms with Gasteiger partial charge in [0.15, 0.2) is 0 Å². The van der Waals surface area contributed by atoms with Crippen molar-refractivity contribution in [3.8, 4) is 0 Å². The summed E-state index contributed by atoms with van der Waals surface area (Å²) in [6.45, 7) is 6.51. The van der Waals surface area contributed by atoms with Crippen molar-refractivity contribution in [2.75, 3.05) is 39.3 Å². The molecule has 0 radical (unpaired) electrons. The van der Waals surface area contributed by atoms with Gasteiger partial charge in [-0.15, -0.1) is 0 Å². The van der Waals surface area contributed by atoms with Gasteiger partial charge in [-0.1, -0.05) is 133 Å². The fraction of sp³-hybridized carbons (Fsp3) is 0.200. The lowest BCUT2D eigenvalue weighted by Gasteiger charge is -2.46. The molecule has 0 unspecified atom stereocenters. The van der Waals surface area contributed by atoms with Crippen LogP contribution in [0.5, 0.6) is 0 Å². The van der Waals surface area contributed by atoms with E-state index in [2.05, 4.69) is 151 Å². The molecule has 0 N–H and O–H groups in total. The molecule has 0 bridgehead atoms. The zero-order chi connectivity index (χ0) is 25.2. The number of rotatable bonds is 9. The van der Waals surface area contributed by atoms with Crippen molar-refractivity contribution in [2.45, 2.75) is 6.04 Å². The number of benzene rings is 4. The number of nitrogens with zero attached hydrogens (tertiary/aromatic N) is 2. The molecule has 1 aliphatic rings. The molecule has 0 spiro atoms. The Morgan fingerprint density at radius 1 is 0.553 bits per heavy atom.